The largest absolute Gasteiger partial charge is 0.328 e. The van der Waals surface area contributed by atoms with Crippen LogP contribution in [0.3, 0.4) is 0 Å². The zero-order chi connectivity index (χ0) is 8.81. The second-order valence-corrected chi connectivity index (χ2v) is 4.41. The molecule has 1 rings (SSSR count). The lowest BCUT2D eigenvalue weighted by atomic mass is 9.99. The van der Waals surface area contributed by atoms with Crippen molar-refractivity contribution in [3.05, 3.63) is 0 Å². The van der Waals surface area contributed by atoms with Crippen molar-refractivity contribution in [2.24, 2.45) is 11.7 Å². The van der Waals surface area contributed by atoms with E-state index in [4.69, 9.17) is 5.73 Å². The Hall–Kier alpha value is -0.0400. The molecule has 0 spiro atoms. The first kappa shape index (κ1) is 10.0. The van der Waals surface area contributed by atoms with Crippen molar-refractivity contribution in [2.45, 2.75) is 64.3 Å². The van der Waals surface area contributed by atoms with Crippen LogP contribution >= 0.6 is 0 Å². The highest BCUT2D eigenvalue weighted by atomic mass is 14.6. The second kappa shape index (κ2) is 5.58. The number of hydrogen-bond donors (Lipinski definition) is 1. The van der Waals surface area contributed by atoms with Crippen LogP contribution in [0.4, 0.5) is 0 Å². The molecule has 0 amide bonds. The van der Waals surface area contributed by atoms with Gasteiger partial charge in [-0.05, 0) is 19.3 Å². The molecule has 1 unspecified atom stereocenters. The van der Waals surface area contributed by atoms with Gasteiger partial charge in [-0.25, -0.2) is 0 Å². The van der Waals surface area contributed by atoms with Gasteiger partial charge < -0.3 is 5.73 Å². The predicted molar refractivity (Wildman–Crippen MR) is 54.1 cm³/mol. The molecule has 0 heterocycles. The van der Waals surface area contributed by atoms with Crippen LogP contribution in [0.1, 0.15) is 58.3 Å². The van der Waals surface area contributed by atoms with E-state index in [1.165, 1.54) is 51.4 Å². The lowest BCUT2D eigenvalue weighted by molar-refractivity contribution is 0.459. The van der Waals surface area contributed by atoms with Crippen LogP contribution in [0.5, 0.6) is 0 Å². The third-order valence-corrected chi connectivity index (χ3v) is 3.00. The average molecular weight is 169 g/mol. The third-order valence-electron chi connectivity index (χ3n) is 3.00. The summed E-state index contributed by atoms with van der Waals surface area (Å²) in [5.41, 5.74) is 5.69. The molecule has 0 bridgehead atoms. The topological polar surface area (TPSA) is 26.0 Å². The first-order valence-corrected chi connectivity index (χ1v) is 5.54. The molecule has 0 aromatic heterocycles. The van der Waals surface area contributed by atoms with Crippen LogP contribution in [-0.2, 0) is 0 Å². The van der Waals surface area contributed by atoms with Crippen LogP contribution in [0, 0.1) is 5.92 Å². The van der Waals surface area contributed by atoms with Crippen molar-refractivity contribution in [3.63, 3.8) is 0 Å². The molecule has 1 aliphatic rings. The lowest BCUT2D eigenvalue weighted by Gasteiger charge is -2.08. The van der Waals surface area contributed by atoms with Crippen LogP contribution < -0.4 is 5.73 Å². The Kier molecular flexibility index (Phi) is 4.67. The molecule has 0 saturated heterocycles. The van der Waals surface area contributed by atoms with Crippen LogP contribution in [0.25, 0.3) is 0 Å². The van der Waals surface area contributed by atoms with Crippen molar-refractivity contribution in [3.8, 4) is 0 Å². The summed E-state index contributed by atoms with van der Waals surface area (Å²) in [5, 5.41) is 0. The highest BCUT2D eigenvalue weighted by molar-refractivity contribution is 4.67. The maximum Gasteiger partial charge on any atom is 0.00104 e. The van der Waals surface area contributed by atoms with Gasteiger partial charge in [0.15, 0.2) is 0 Å². The number of hydrogen-bond acceptors (Lipinski definition) is 1. The Bertz CT molecular complexity index is 104. The van der Waals surface area contributed by atoms with Crippen LogP contribution in [0.15, 0.2) is 0 Å². The third kappa shape index (κ3) is 4.10. The van der Waals surface area contributed by atoms with Gasteiger partial charge in [0, 0.05) is 6.04 Å². The van der Waals surface area contributed by atoms with Crippen LogP contribution in [0.2, 0.25) is 0 Å². The molecule has 1 atom stereocenters. The smallest absolute Gasteiger partial charge is 0.00104 e. The summed E-state index contributed by atoms with van der Waals surface area (Å²) >= 11 is 0. The summed E-state index contributed by atoms with van der Waals surface area (Å²) < 4.78 is 0. The zero-order valence-electron chi connectivity index (χ0n) is 8.39. The van der Waals surface area contributed by atoms with Gasteiger partial charge in [-0.1, -0.05) is 44.9 Å². The summed E-state index contributed by atoms with van der Waals surface area (Å²) in [7, 11) is 0. The molecule has 0 aliphatic heterocycles. The van der Waals surface area contributed by atoms with Crippen LogP contribution in [-0.4, -0.2) is 6.04 Å². The molecule has 12 heavy (non-hydrogen) atoms. The highest BCUT2D eigenvalue weighted by Gasteiger charge is 2.13. The fourth-order valence-corrected chi connectivity index (χ4v) is 2.20. The summed E-state index contributed by atoms with van der Waals surface area (Å²) in [6.07, 6.45) is 11.4. The molecule has 1 aliphatic carbocycles. The van der Waals surface area contributed by atoms with Crippen molar-refractivity contribution in [1.82, 2.24) is 0 Å². The van der Waals surface area contributed by atoms with E-state index in [0.717, 1.165) is 5.92 Å². The standard InChI is InChI=1S/C11H23N/c1-10(12)6-2-3-7-11-8-4-5-9-11/h10-11H,2-9,12H2,1H3. The molecule has 2 N–H and O–H groups in total. The quantitative estimate of drug-likeness (QED) is 0.629. The van der Waals surface area contributed by atoms with E-state index in [2.05, 4.69) is 6.92 Å². The van der Waals surface area contributed by atoms with E-state index in [1.807, 2.05) is 0 Å². The second-order valence-electron chi connectivity index (χ2n) is 4.41. The number of unbranched alkanes of at least 4 members (excludes halogenated alkanes) is 1. The Balaban J connectivity index is 1.88. The molecular formula is C11H23N. The Morgan fingerprint density at radius 3 is 2.50 bits per heavy atom. The molecule has 1 heteroatoms. The van der Waals surface area contributed by atoms with E-state index in [9.17, 15) is 0 Å². The first-order valence-electron chi connectivity index (χ1n) is 5.54. The van der Waals surface area contributed by atoms with Gasteiger partial charge in [0.2, 0.25) is 0 Å². The van der Waals surface area contributed by atoms with Gasteiger partial charge in [-0.3, -0.25) is 0 Å². The minimum Gasteiger partial charge on any atom is -0.328 e. The minimum absolute atomic E-state index is 0.411. The van der Waals surface area contributed by atoms with Gasteiger partial charge >= 0.3 is 0 Å². The maximum atomic E-state index is 5.69. The molecule has 1 fully saturated rings. The normalized spacial score (nSPS) is 21.5. The van der Waals surface area contributed by atoms with Gasteiger partial charge in [0.05, 0.1) is 0 Å². The fourth-order valence-electron chi connectivity index (χ4n) is 2.20. The molecule has 1 saturated carbocycles. The predicted octanol–water partition coefficient (Wildman–Crippen LogP) is 3.08. The van der Waals surface area contributed by atoms with Gasteiger partial charge in [-0.15, -0.1) is 0 Å². The molecule has 0 radical (unpaired) electrons. The van der Waals surface area contributed by atoms with E-state index in [1.54, 1.807) is 0 Å². The summed E-state index contributed by atoms with van der Waals surface area (Å²) in [5.74, 6) is 1.07. The Morgan fingerprint density at radius 2 is 1.92 bits per heavy atom. The van der Waals surface area contributed by atoms with E-state index in [0.29, 0.717) is 6.04 Å². The van der Waals surface area contributed by atoms with Crippen molar-refractivity contribution in [1.29, 1.82) is 0 Å². The highest BCUT2D eigenvalue weighted by Crippen LogP contribution is 2.29. The summed E-state index contributed by atoms with van der Waals surface area (Å²) in [6, 6.07) is 0.411. The fraction of sp³-hybridized carbons (Fsp3) is 1.00. The first-order chi connectivity index (χ1) is 5.79. The van der Waals surface area contributed by atoms with E-state index in [-0.39, 0.29) is 0 Å². The van der Waals surface area contributed by atoms with Gasteiger partial charge in [0.1, 0.15) is 0 Å². The Labute approximate surface area is 76.7 Å². The van der Waals surface area contributed by atoms with Crippen molar-refractivity contribution in [2.75, 3.05) is 0 Å². The van der Waals surface area contributed by atoms with Crippen molar-refractivity contribution < 1.29 is 0 Å². The molecule has 72 valence electrons. The number of rotatable bonds is 5. The SMILES string of the molecule is CC(N)CCCCC1CCCC1. The molecule has 0 aromatic rings. The monoisotopic (exact) mass is 169 g/mol. The summed E-state index contributed by atoms with van der Waals surface area (Å²) in [4.78, 5) is 0. The maximum absolute atomic E-state index is 5.69. The molecule has 0 aromatic carbocycles. The summed E-state index contributed by atoms with van der Waals surface area (Å²) in [6.45, 7) is 2.11. The minimum atomic E-state index is 0.411. The molecular weight excluding hydrogens is 146 g/mol. The van der Waals surface area contributed by atoms with Gasteiger partial charge in [-0.2, -0.15) is 0 Å². The average Bonchev–Trinajstić information content (AvgIpc) is 2.49. The van der Waals surface area contributed by atoms with E-state index >= 15 is 0 Å². The van der Waals surface area contributed by atoms with Gasteiger partial charge in [0.25, 0.3) is 0 Å². The lowest BCUT2D eigenvalue weighted by Crippen LogP contribution is -2.14. The van der Waals surface area contributed by atoms with E-state index < -0.39 is 0 Å². The number of nitrogens with two attached hydrogens (primary N) is 1. The van der Waals surface area contributed by atoms with Crippen molar-refractivity contribution >= 4 is 0 Å². The Morgan fingerprint density at radius 1 is 1.25 bits per heavy atom. The molecule has 1 nitrogen and oxygen atoms in total. The zero-order valence-corrected chi connectivity index (χ0v) is 8.39.